The molecule has 1 aromatic carbocycles. The maximum absolute atomic E-state index is 6.08. The minimum absolute atomic E-state index is 0.0828. The molecular formula is C12H20N2O. The SMILES string of the molecule is COc1ccc([C@H](N)CCCN)c(C)c1. The summed E-state index contributed by atoms with van der Waals surface area (Å²) in [6.07, 6.45) is 1.90. The second-order valence-corrected chi connectivity index (χ2v) is 3.76. The Labute approximate surface area is 91.4 Å². The molecule has 1 atom stereocenters. The van der Waals surface area contributed by atoms with Gasteiger partial charge in [0, 0.05) is 6.04 Å². The van der Waals surface area contributed by atoms with Crippen molar-refractivity contribution in [3.05, 3.63) is 29.3 Å². The average molecular weight is 208 g/mol. The smallest absolute Gasteiger partial charge is 0.119 e. The molecule has 0 spiro atoms. The first-order chi connectivity index (χ1) is 7.19. The third-order valence-electron chi connectivity index (χ3n) is 2.60. The van der Waals surface area contributed by atoms with E-state index >= 15 is 0 Å². The molecule has 0 radical (unpaired) electrons. The van der Waals surface area contributed by atoms with Crippen molar-refractivity contribution in [1.82, 2.24) is 0 Å². The highest BCUT2D eigenvalue weighted by atomic mass is 16.5. The summed E-state index contributed by atoms with van der Waals surface area (Å²) in [6.45, 7) is 2.75. The summed E-state index contributed by atoms with van der Waals surface area (Å²) in [6, 6.07) is 6.08. The van der Waals surface area contributed by atoms with Crippen LogP contribution < -0.4 is 16.2 Å². The fourth-order valence-corrected chi connectivity index (χ4v) is 1.68. The van der Waals surface area contributed by atoms with Crippen LogP contribution in [-0.2, 0) is 0 Å². The Kier molecular flexibility index (Phi) is 4.59. The number of nitrogens with two attached hydrogens (primary N) is 2. The van der Waals surface area contributed by atoms with E-state index < -0.39 is 0 Å². The van der Waals surface area contributed by atoms with Crippen molar-refractivity contribution in [1.29, 1.82) is 0 Å². The molecule has 0 heterocycles. The topological polar surface area (TPSA) is 61.3 Å². The molecule has 0 unspecified atom stereocenters. The van der Waals surface area contributed by atoms with Gasteiger partial charge in [0.25, 0.3) is 0 Å². The Morgan fingerprint density at radius 3 is 2.67 bits per heavy atom. The molecule has 0 saturated heterocycles. The zero-order valence-electron chi connectivity index (χ0n) is 9.49. The van der Waals surface area contributed by atoms with E-state index in [0.717, 1.165) is 18.6 Å². The van der Waals surface area contributed by atoms with Crippen LogP contribution in [0, 0.1) is 6.92 Å². The van der Waals surface area contributed by atoms with Gasteiger partial charge in [-0.3, -0.25) is 0 Å². The second kappa shape index (κ2) is 5.73. The highest BCUT2D eigenvalue weighted by Gasteiger charge is 2.08. The summed E-state index contributed by atoms with van der Waals surface area (Å²) in [5.74, 6) is 0.877. The van der Waals surface area contributed by atoms with Crippen LogP contribution in [0.25, 0.3) is 0 Å². The summed E-state index contributed by atoms with van der Waals surface area (Å²) in [5, 5.41) is 0. The quantitative estimate of drug-likeness (QED) is 0.774. The van der Waals surface area contributed by atoms with Crippen LogP contribution in [0.2, 0.25) is 0 Å². The first-order valence-corrected chi connectivity index (χ1v) is 5.29. The molecule has 15 heavy (non-hydrogen) atoms. The van der Waals surface area contributed by atoms with Gasteiger partial charge in [-0.05, 0) is 49.6 Å². The molecule has 0 saturated carbocycles. The number of hydrogen-bond acceptors (Lipinski definition) is 3. The van der Waals surface area contributed by atoms with E-state index in [2.05, 4.69) is 6.92 Å². The molecule has 0 fully saturated rings. The van der Waals surface area contributed by atoms with E-state index in [1.807, 2.05) is 18.2 Å². The van der Waals surface area contributed by atoms with Gasteiger partial charge in [-0.15, -0.1) is 0 Å². The fraction of sp³-hybridized carbons (Fsp3) is 0.500. The number of ether oxygens (including phenoxy) is 1. The van der Waals surface area contributed by atoms with Crippen LogP contribution in [0.4, 0.5) is 0 Å². The maximum atomic E-state index is 6.08. The first-order valence-electron chi connectivity index (χ1n) is 5.29. The molecule has 0 bridgehead atoms. The molecule has 3 nitrogen and oxygen atoms in total. The van der Waals surface area contributed by atoms with Crippen molar-refractivity contribution < 1.29 is 4.74 Å². The average Bonchev–Trinajstić information content (AvgIpc) is 2.25. The van der Waals surface area contributed by atoms with Crippen LogP contribution in [0.15, 0.2) is 18.2 Å². The molecule has 3 heteroatoms. The standard InChI is InChI=1S/C12H20N2O/c1-9-8-10(15-2)5-6-11(9)12(14)4-3-7-13/h5-6,8,12H,3-4,7,13-14H2,1-2H3/t12-/m1/s1. The van der Waals surface area contributed by atoms with E-state index in [0.29, 0.717) is 6.54 Å². The van der Waals surface area contributed by atoms with Gasteiger partial charge < -0.3 is 16.2 Å². The van der Waals surface area contributed by atoms with Crippen molar-refractivity contribution >= 4 is 0 Å². The van der Waals surface area contributed by atoms with Crippen LogP contribution in [0.1, 0.15) is 30.0 Å². The van der Waals surface area contributed by atoms with E-state index in [-0.39, 0.29) is 6.04 Å². The van der Waals surface area contributed by atoms with Crippen molar-refractivity contribution in [2.24, 2.45) is 11.5 Å². The summed E-state index contributed by atoms with van der Waals surface area (Å²) >= 11 is 0. The minimum atomic E-state index is 0.0828. The largest absolute Gasteiger partial charge is 0.497 e. The molecule has 0 aliphatic carbocycles. The summed E-state index contributed by atoms with van der Waals surface area (Å²) < 4.78 is 5.15. The van der Waals surface area contributed by atoms with Crippen LogP contribution in [0.3, 0.4) is 0 Å². The minimum Gasteiger partial charge on any atom is -0.497 e. The maximum Gasteiger partial charge on any atom is 0.119 e. The molecule has 0 aromatic heterocycles. The molecule has 4 N–H and O–H groups in total. The van der Waals surface area contributed by atoms with Gasteiger partial charge in [0.1, 0.15) is 5.75 Å². The number of benzene rings is 1. The number of rotatable bonds is 5. The molecule has 1 rings (SSSR count). The Hall–Kier alpha value is -1.06. The Morgan fingerprint density at radius 2 is 2.13 bits per heavy atom. The van der Waals surface area contributed by atoms with E-state index in [1.165, 1.54) is 11.1 Å². The van der Waals surface area contributed by atoms with Crippen LogP contribution in [0.5, 0.6) is 5.75 Å². The van der Waals surface area contributed by atoms with E-state index in [1.54, 1.807) is 7.11 Å². The van der Waals surface area contributed by atoms with Gasteiger partial charge in [-0.1, -0.05) is 6.07 Å². The highest BCUT2D eigenvalue weighted by Crippen LogP contribution is 2.23. The zero-order valence-corrected chi connectivity index (χ0v) is 9.49. The molecule has 0 aliphatic rings. The van der Waals surface area contributed by atoms with Gasteiger partial charge in [-0.25, -0.2) is 0 Å². The van der Waals surface area contributed by atoms with Gasteiger partial charge in [-0.2, -0.15) is 0 Å². The first kappa shape index (κ1) is 12.0. The third-order valence-corrected chi connectivity index (χ3v) is 2.60. The molecule has 0 amide bonds. The molecule has 1 aromatic rings. The lowest BCUT2D eigenvalue weighted by Gasteiger charge is -2.15. The van der Waals surface area contributed by atoms with E-state index in [9.17, 15) is 0 Å². The summed E-state index contributed by atoms with van der Waals surface area (Å²) in [4.78, 5) is 0. The Balaban J connectivity index is 2.76. The zero-order chi connectivity index (χ0) is 11.3. The van der Waals surface area contributed by atoms with Crippen LogP contribution >= 0.6 is 0 Å². The highest BCUT2D eigenvalue weighted by molar-refractivity contribution is 5.36. The lowest BCUT2D eigenvalue weighted by molar-refractivity contribution is 0.414. The molecule has 84 valence electrons. The monoisotopic (exact) mass is 208 g/mol. The second-order valence-electron chi connectivity index (χ2n) is 3.76. The molecule has 0 aliphatic heterocycles. The van der Waals surface area contributed by atoms with E-state index in [4.69, 9.17) is 16.2 Å². The van der Waals surface area contributed by atoms with Gasteiger partial charge in [0.15, 0.2) is 0 Å². The fourth-order valence-electron chi connectivity index (χ4n) is 1.68. The van der Waals surface area contributed by atoms with Crippen molar-refractivity contribution in [2.75, 3.05) is 13.7 Å². The van der Waals surface area contributed by atoms with Crippen LogP contribution in [-0.4, -0.2) is 13.7 Å². The van der Waals surface area contributed by atoms with Crippen molar-refractivity contribution in [3.63, 3.8) is 0 Å². The van der Waals surface area contributed by atoms with Gasteiger partial charge in [0.05, 0.1) is 7.11 Å². The third kappa shape index (κ3) is 3.22. The number of methoxy groups -OCH3 is 1. The van der Waals surface area contributed by atoms with Crippen molar-refractivity contribution in [2.45, 2.75) is 25.8 Å². The summed E-state index contributed by atoms with van der Waals surface area (Å²) in [5.41, 5.74) is 13.9. The normalized spacial score (nSPS) is 12.5. The lowest BCUT2D eigenvalue weighted by Crippen LogP contribution is -2.13. The number of hydrogen-bond donors (Lipinski definition) is 2. The Bertz CT molecular complexity index is 312. The van der Waals surface area contributed by atoms with Crippen molar-refractivity contribution in [3.8, 4) is 5.75 Å². The lowest BCUT2D eigenvalue weighted by atomic mass is 9.98. The predicted molar refractivity (Wildman–Crippen MR) is 62.9 cm³/mol. The Morgan fingerprint density at radius 1 is 1.40 bits per heavy atom. The predicted octanol–water partition coefficient (Wildman–Crippen LogP) is 1.74. The summed E-state index contributed by atoms with van der Waals surface area (Å²) in [7, 11) is 1.67. The van der Waals surface area contributed by atoms with Gasteiger partial charge in [0.2, 0.25) is 0 Å². The molecular weight excluding hydrogens is 188 g/mol. The van der Waals surface area contributed by atoms with Gasteiger partial charge >= 0.3 is 0 Å². The number of aryl methyl sites for hydroxylation is 1.